The maximum Gasteiger partial charge on any atom is 0.225 e. The number of benzene rings is 2. The quantitative estimate of drug-likeness (QED) is 0.275. The Balaban J connectivity index is 0.00000324. The van der Waals surface area contributed by atoms with Crippen molar-refractivity contribution < 1.29 is 22.0 Å². The van der Waals surface area contributed by atoms with Crippen LogP contribution < -0.4 is 15.5 Å². The number of rotatable bonds is 6. The number of nitrogens with one attached hydrogen (secondary N) is 2. The molecule has 1 heterocycles. The van der Waals surface area contributed by atoms with Gasteiger partial charge in [0.05, 0.1) is 5.52 Å². The molecule has 0 spiro atoms. The van der Waals surface area contributed by atoms with Crippen molar-refractivity contribution in [3.05, 3.63) is 58.9 Å². The van der Waals surface area contributed by atoms with E-state index in [-0.39, 0.29) is 19.5 Å². The van der Waals surface area contributed by atoms with Crippen LogP contribution in [0.3, 0.4) is 0 Å². The fourth-order valence-electron chi connectivity index (χ4n) is 4.14. The van der Waals surface area contributed by atoms with Gasteiger partial charge >= 0.3 is 0 Å². The van der Waals surface area contributed by atoms with Gasteiger partial charge in [0, 0.05) is 43.7 Å². The van der Waals surface area contributed by atoms with E-state index >= 15 is 0 Å². The summed E-state index contributed by atoms with van der Waals surface area (Å²) < 4.78 is 67.7. The minimum atomic E-state index is -2.14. The number of halogens is 5. The molecule has 5 nitrogen and oxygen atoms in total. The number of fused-ring (bicyclic) bond motifs is 1. The molecular formula is C24H28F5N5. The molecule has 2 aromatic carbocycles. The molecule has 1 aliphatic rings. The summed E-state index contributed by atoms with van der Waals surface area (Å²) in [6.45, 7) is -0.436. The summed E-state index contributed by atoms with van der Waals surface area (Å²) >= 11 is 0. The second-order valence-electron chi connectivity index (χ2n) is 8.40. The molecule has 1 fully saturated rings. The van der Waals surface area contributed by atoms with E-state index in [0.717, 1.165) is 29.6 Å². The predicted molar refractivity (Wildman–Crippen MR) is 123 cm³/mol. The van der Waals surface area contributed by atoms with Gasteiger partial charge in [-0.3, -0.25) is 0 Å². The molecule has 34 heavy (non-hydrogen) atoms. The molecule has 4 rings (SSSR count). The fourth-order valence-corrected chi connectivity index (χ4v) is 4.14. The third-order valence-electron chi connectivity index (χ3n) is 5.94. The van der Waals surface area contributed by atoms with Gasteiger partial charge in [-0.1, -0.05) is 19.6 Å². The number of para-hydroxylation sites is 1. The predicted octanol–water partition coefficient (Wildman–Crippen LogP) is 5.54. The highest BCUT2D eigenvalue weighted by Crippen LogP contribution is 2.27. The first kappa shape index (κ1) is 25.6. The molecule has 184 valence electrons. The van der Waals surface area contributed by atoms with Crippen LogP contribution in [0, 0.1) is 29.1 Å². The molecule has 0 radical (unpaired) electrons. The van der Waals surface area contributed by atoms with Crippen LogP contribution >= 0.6 is 0 Å². The van der Waals surface area contributed by atoms with Crippen molar-refractivity contribution in [1.82, 2.24) is 15.3 Å². The van der Waals surface area contributed by atoms with Crippen molar-refractivity contribution in [2.45, 2.75) is 51.7 Å². The highest BCUT2D eigenvalue weighted by Gasteiger charge is 2.27. The number of hydrogen-bond donors (Lipinski definition) is 2. The van der Waals surface area contributed by atoms with Gasteiger partial charge in [-0.2, -0.15) is 4.98 Å². The van der Waals surface area contributed by atoms with E-state index in [9.17, 15) is 22.0 Å². The van der Waals surface area contributed by atoms with Crippen molar-refractivity contribution in [2.75, 3.05) is 24.3 Å². The summed E-state index contributed by atoms with van der Waals surface area (Å²) in [5, 5.41) is 7.24. The number of hydrogen-bond acceptors (Lipinski definition) is 5. The summed E-state index contributed by atoms with van der Waals surface area (Å²) in [7, 11) is 3.83. The molecule has 0 unspecified atom stereocenters. The fraction of sp³-hybridized carbons (Fsp3) is 0.417. The molecule has 0 saturated heterocycles. The van der Waals surface area contributed by atoms with Crippen LogP contribution in [0.1, 0.15) is 38.7 Å². The SMILES string of the molecule is C.CN(C)c1nc(NC2CCC(NCc3c(F)c(F)c(F)c(F)c3F)CC2)nc2ccccc12. The first-order valence-corrected chi connectivity index (χ1v) is 10.7. The van der Waals surface area contributed by atoms with Gasteiger partial charge in [0.1, 0.15) is 5.82 Å². The lowest BCUT2D eigenvalue weighted by Gasteiger charge is -2.30. The minimum absolute atomic E-state index is 0. The normalized spacial score (nSPS) is 18.0. The van der Waals surface area contributed by atoms with Gasteiger partial charge in [-0.15, -0.1) is 0 Å². The van der Waals surface area contributed by atoms with Crippen LogP contribution in [-0.4, -0.2) is 36.1 Å². The average molecular weight is 482 g/mol. The van der Waals surface area contributed by atoms with Gasteiger partial charge in [-0.05, 0) is 37.8 Å². The highest BCUT2D eigenvalue weighted by atomic mass is 19.2. The van der Waals surface area contributed by atoms with E-state index in [1.54, 1.807) is 0 Å². The number of aromatic nitrogens is 2. The van der Waals surface area contributed by atoms with Gasteiger partial charge in [0.15, 0.2) is 23.3 Å². The summed E-state index contributed by atoms with van der Waals surface area (Å²) in [6, 6.07) is 7.75. The Morgan fingerprint density at radius 3 is 2.00 bits per heavy atom. The zero-order valence-electron chi connectivity index (χ0n) is 18.2. The van der Waals surface area contributed by atoms with Crippen molar-refractivity contribution in [3.63, 3.8) is 0 Å². The molecule has 1 aliphatic carbocycles. The average Bonchev–Trinajstić information content (AvgIpc) is 2.82. The van der Waals surface area contributed by atoms with Crippen LogP contribution in [0.2, 0.25) is 0 Å². The third-order valence-corrected chi connectivity index (χ3v) is 5.94. The Bertz CT molecular complexity index is 1130. The Morgan fingerprint density at radius 1 is 0.824 bits per heavy atom. The second-order valence-corrected chi connectivity index (χ2v) is 8.40. The summed E-state index contributed by atoms with van der Waals surface area (Å²) in [5.41, 5.74) is -0.00991. The smallest absolute Gasteiger partial charge is 0.225 e. The lowest BCUT2D eigenvalue weighted by atomic mass is 9.91. The van der Waals surface area contributed by atoms with E-state index in [1.807, 2.05) is 43.3 Å². The molecule has 0 aliphatic heterocycles. The van der Waals surface area contributed by atoms with Gasteiger partial charge in [0.2, 0.25) is 11.8 Å². The summed E-state index contributed by atoms with van der Waals surface area (Å²) in [6.07, 6.45) is 2.81. The Hall–Kier alpha value is -3.01. The van der Waals surface area contributed by atoms with E-state index in [4.69, 9.17) is 0 Å². The number of nitrogens with zero attached hydrogens (tertiary/aromatic N) is 3. The third kappa shape index (κ3) is 5.06. The van der Waals surface area contributed by atoms with E-state index < -0.39 is 41.2 Å². The van der Waals surface area contributed by atoms with Gasteiger partial charge in [-0.25, -0.2) is 26.9 Å². The van der Waals surface area contributed by atoms with Gasteiger partial charge < -0.3 is 15.5 Å². The largest absolute Gasteiger partial charge is 0.362 e. The minimum Gasteiger partial charge on any atom is -0.362 e. The van der Waals surface area contributed by atoms with Crippen LogP contribution in [0.25, 0.3) is 10.9 Å². The van der Waals surface area contributed by atoms with Crippen molar-refractivity contribution in [3.8, 4) is 0 Å². The second kappa shape index (κ2) is 10.5. The monoisotopic (exact) mass is 481 g/mol. The topological polar surface area (TPSA) is 53.1 Å². The molecule has 10 heteroatoms. The Morgan fingerprint density at radius 2 is 1.38 bits per heavy atom. The molecule has 0 atom stereocenters. The zero-order valence-corrected chi connectivity index (χ0v) is 18.2. The standard InChI is InChI=1S/C23H24F5N5.CH4/c1-33(2)22-14-5-3-4-6-16(14)31-23(32-22)30-13-9-7-12(8-10-13)29-11-15-17(24)19(26)21(28)20(27)18(15)25;/h3-6,12-13,29H,7-11H2,1-2H3,(H,30,31,32);1H4. The van der Waals surface area contributed by atoms with Crippen LogP contribution in [0.4, 0.5) is 33.7 Å². The van der Waals surface area contributed by atoms with E-state index in [0.29, 0.717) is 18.8 Å². The van der Waals surface area contributed by atoms with Crippen LogP contribution in [0.5, 0.6) is 0 Å². The maximum atomic E-state index is 13.9. The molecule has 1 aromatic heterocycles. The van der Waals surface area contributed by atoms with Gasteiger partial charge in [0.25, 0.3) is 0 Å². The van der Waals surface area contributed by atoms with Crippen LogP contribution in [0.15, 0.2) is 24.3 Å². The van der Waals surface area contributed by atoms with E-state index in [1.165, 1.54) is 0 Å². The molecule has 1 saturated carbocycles. The zero-order chi connectivity index (χ0) is 23.7. The lowest BCUT2D eigenvalue weighted by Crippen LogP contribution is -2.37. The Kier molecular flexibility index (Phi) is 7.91. The number of anilines is 2. The Labute approximate surface area is 195 Å². The highest BCUT2D eigenvalue weighted by molar-refractivity contribution is 5.90. The molecule has 3 aromatic rings. The molecule has 0 amide bonds. The molecular weight excluding hydrogens is 453 g/mol. The first-order chi connectivity index (χ1) is 15.8. The maximum absolute atomic E-state index is 13.9. The first-order valence-electron chi connectivity index (χ1n) is 10.7. The lowest BCUT2D eigenvalue weighted by molar-refractivity contribution is 0.336. The molecule has 2 N–H and O–H groups in total. The van der Waals surface area contributed by atoms with Crippen molar-refractivity contribution >= 4 is 22.7 Å². The van der Waals surface area contributed by atoms with Crippen LogP contribution in [-0.2, 0) is 6.54 Å². The van der Waals surface area contributed by atoms with E-state index in [2.05, 4.69) is 20.6 Å². The molecule has 0 bridgehead atoms. The summed E-state index contributed by atoms with van der Waals surface area (Å²) in [4.78, 5) is 11.2. The van der Waals surface area contributed by atoms with Crippen molar-refractivity contribution in [1.29, 1.82) is 0 Å². The summed E-state index contributed by atoms with van der Waals surface area (Å²) in [5.74, 6) is -8.25. The van der Waals surface area contributed by atoms with Crippen molar-refractivity contribution in [2.24, 2.45) is 0 Å².